The van der Waals surface area contributed by atoms with Crippen molar-refractivity contribution in [3.05, 3.63) is 42.0 Å². The number of hydrogen-bond donors (Lipinski definition) is 1. The fraction of sp³-hybridized carbons (Fsp3) is 0.167. The third-order valence-electron chi connectivity index (χ3n) is 2.57. The number of amides is 1. The largest absolute Gasteiger partial charge is 0.478 e. The summed E-state index contributed by atoms with van der Waals surface area (Å²) in [5, 5.41) is 8.84. The van der Waals surface area contributed by atoms with Crippen LogP contribution in [0.5, 0.6) is 0 Å². The molecule has 2 rings (SSSR count). The maximum absolute atomic E-state index is 11.6. The summed E-state index contributed by atoms with van der Waals surface area (Å²) in [5.74, 6) is -0.991. The van der Waals surface area contributed by atoms with E-state index in [1.54, 1.807) is 23.1 Å². The van der Waals surface area contributed by atoms with E-state index >= 15 is 0 Å². The van der Waals surface area contributed by atoms with Crippen LogP contribution in [0, 0.1) is 0 Å². The first-order valence-electron chi connectivity index (χ1n) is 4.91. The lowest BCUT2D eigenvalue weighted by Crippen LogP contribution is -2.26. The van der Waals surface area contributed by atoms with E-state index in [0.717, 1.165) is 11.3 Å². The number of anilines is 1. The van der Waals surface area contributed by atoms with Gasteiger partial charge >= 0.3 is 5.97 Å². The highest BCUT2D eigenvalue weighted by Crippen LogP contribution is 2.29. The van der Waals surface area contributed by atoms with Gasteiger partial charge < -0.3 is 10.0 Å². The van der Waals surface area contributed by atoms with Crippen LogP contribution in [0.25, 0.3) is 0 Å². The number of hydrogen-bond acceptors (Lipinski definition) is 2. The zero-order valence-electron chi connectivity index (χ0n) is 8.64. The molecule has 0 fully saturated rings. The molecule has 0 aliphatic carbocycles. The molecule has 0 bridgehead atoms. The topological polar surface area (TPSA) is 57.6 Å². The van der Waals surface area contributed by atoms with Crippen molar-refractivity contribution < 1.29 is 14.7 Å². The smallest absolute Gasteiger partial charge is 0.335 e. The molecular weight excluding hydrogens is 206 g/mol. The summed E-state index contributed by atoms with van der Waals surface area (Å²) in [4.78, 5) is 24.0. The lowest BCUT2D eigenvalue weighted by Gasteiger charge is -2.14. The highest BCUT2D eigenvalue weighted by atomic mass is 16.4. The average Bonchev–Trinajstić information content (AvgIpc) is 2.55. The Labute approximate surface area is 92.8 Å². The Balaban J connectivity index is 2.42. The third-order valence-corrected chi connectivity index (χ3v) is 2.57. The molecular formula is C12H11NO3. The molecule has 0 atom stereocenters. The zero-order valence-corrected chi connectivity index (χ0v) is 8.64. The minimum absolute atomic E-state index is 0.0163. The molecule has 82 valence electrons. The van der Waals surface area contributed by atoms with Gasteiger partial charge in [-0.1, -0.05) is 6.08 Å². The average molecular weight is 217 g/mol. The van der Waals surface area contributed by atoms with Gasteiger partial charge in [0.1, 0.15) is 0 Å². The predicted octanol–water partition coefficient (Wildman–Crippen LogP) is 1.46. The lowest BCUT2D eigenvalue weighted by atomic mass is 10.1. The molecule has 16 heavy (non-hydrogen) atoms. The second kappa shape index (κ2) is 3.81. The van der Waals surface area contributed by atoms with E-state index in [2.05, 4.69) is 6.58 Å². The van der Waals surface area contributed by atoms with Gasteiger partial charge in [-0.2, -0.15) is 0 Å². The normalized spacial score (nSPS) is 13.8. The standard InChI is InChI=1S/C12H11NO3/c1-2-5-13-10-4-3-8(12(15)16)6-9(10)7-11(13)14/h2-4,6H,1,5,7H2,(H,15,16). The van der Waals surface area contributed by atoms with Gasteiger partial charge in [0.25, 0.3) is 0 Å². The summed E-state index contributed by atoms with van der Waals surface area (Å²) in [6.45, 7) is 4.05. The number of benzene rings is 1. The fourth-order valence-electron chi connectivity index (χ4n) is 1.85. The zero-order chi connectivity index (χ0) is 11.7. The monoisotopic (exact) mass is 217 g/mol. The van der Waals surface area contributed by atoms with Crippen molar-refractivity contribution in [2.45, 2.75) is 6.42 Å². The van der Waals surface area contributed by atoms with Crippen molar-refractivity contribution in [1.29, 1.82) is 0 Å². The third kappa shape index (κ3) is 1.58. The first-order valence-corrected chi connectivity index (χ1v) is 4.91. The second-order valence-electron chi connectivity index (χ2n) is 3.62. The molecule has 1 heterocycles. The van der Waals surface area contributed by atoms with Crippen molar-refractivity contribution in [1.82, 2.24) is 0 Å². The van der Waals surface area contributed by atoms with Crippen molar-refractivity contribution in [3.8, 4) is 0 Å². The Hall–Kier alpha value is -2.10. The lowest BCUT2D eigenvalue weighted by molar-refractivity contribution is -0.117. The number of carbonyl (C=O) groups is 2. The van der Waals surface area contributed by atoms with Crippen LogP contribution in [0.1, 0.15) is 15.9 Å². The number of aromatic carboxylic acids is 1. The van der Waals surface area contributed by atoms with Crippen molar-refractivity contribution in [3.63, 3.8) is 0 Å². The van der Waals surface area contributed by atoms with E-state index < -0.39 is 5.97 Å². The summed E-state index contributed by atoms with van der Waals surface area (Å²) in [5.41, 5.74) is 1.77. The van der Waals surface area contributed by atoms with Gasteiger partial charge in [-0.25, -0.2) is 4.79 Å². The predicted molar refractivity (Wildman–Crippen MR) is 59.7 cm³/mol. The van der Waals surface area contributed by atoms with Crippen molar-refractivity contribution >= 4 is 17.6 Å². The Morgan fingerprint density at radius 3 is 2.94 bits per heavy atom. The van der Waals surface area contributed by atoms with Gasteiger partial charge in [-0.3, -0.25) is 4.79 Å². The van der Waals surface area contributed by atoms with Gasteiger partial charge in [0, 0.05) is 12.2 Å². The van der Waals surface area contributed by atoms with Gasteiger partial charge in [-0.15, -0.1) is 6.58 Å². The van der Waals surface area contributed by atoms with Crippen LogP contribution < -0.4 is 4.90 Å². The summed E-state index contributed by atoms with van der Waals surface area (Å²) in [7, 11) is 0. The number of fused-ring (bicyclic) bond motifs is 1. The van der Waals surface area contributed by atoms with Crippen molar-refractivity contribution in [2.75, 3.05) is 11.4 Å². The highest BCUT2D eigenvalue weighted by molar-refractivity contribution is 6.02. The molecule has 0 unspecified atom stereocenters. The summed E-state index contributed by atoms with van der Waals surface area (Å²) in [6, 6.07) is 4.74. The van der Waals surface area contributed by atoms with Crippen LogP contribution in [0.4, 0.5) is 5.69 Å². The first-order chi connectivity index (χ1) is 7.63. The number of carboxylic acids is 1. The molecule has 0 saturated carbocycles. The Bertz CT molecular complexity index is 479. The van der Waals surface area contributed by atoms with E-state index in [1.807, 2.05) is 0 Å². The van der Waals surface area contributed by atoms with E-state index in [4.69, 9.17) is 5.11 Å². The number of carbonyl (C=O) groups excluding carboxylic acids is 1. The maximum Gasteiger partial charge on any atom is 0.335 e. The van der Waals surface area contributed by atoms with Crippen molar-refractivity contribution in [2.24, 2.45) is 0 Å². The Kier molecular flexibility index (Phi) is 2.48. The van der Waals surface area contributed by atoms with Crippen LogP contribution >= 0.6 is 0 Å². The molecule has 0 spiro atoms. The van der Waals surface area contributed by atoms with E-state index in [0.29, 0.717) is 6.54 Å². The van der Waals surface area contributed by atoms with Gasteiger partial charge in [0.2, 0.25) is 5.91 Å². The molecule has 0 saturated heterocycles. The molecule has 0 radical (unpaired) electrons. The first kappa shape index (κ1) is 10.4. The van der Waals surface area contributed by atoms with Crippen LogP contribution in [0.15, 0.2) is 30.9 Å². The molecule has 1 aromatic rings. The molecule has 1 aromatic carbocycles. The number of carboxylic acid groups (broad SMARTS) is 1. The molecule has 4 heteroatoms. The minimum atomic E-state index is -0.975. The van der Waals surface area contributed by atoms with Crippen LogP contribution in [0.2, 0.25) is 0 Å². The fourth-order valence-corrected chi connectivity index (χ4v) is 1.85. The van der Waals surface area contributed by atoms with Crippen LogP contribution in [-0.2, 0) is 11.2 Å². The van der Waals surface area contributed by atoms with Gasteiger partial charge in [0.05, 0.1) is 12.0 Å². The highest BCUT2D eigenvalue weighted by Gasteiger charge is 2.26. The number of nitrogens with zero attached hydrogens (tertiary/aromatic N) is 1. The van der Waals surface area contributed by atoms with Crippen LogP contribution in [-0.4, -0.2) is 23.5 Å². The SMILES string of the molecule is C=CCN1C(=O)Cc2cc(C(=O)O)ccc21. The van der Waals surface area contributed by atoms with Gasteiger partial charge in [0.15, 0.2) is 0 Å². The maximum atomic E-state index is 11.6. The van der Waals surface area contributed by atoms with Gasteiger partial charge in [-0.05, 0) is 23.8 Å². The minimum Gasteiger partial charge on any atom is -0.478 e. The molecule has 1 aliphatic rings. The molecule has 1 aliphatic heterocycles. The molecule has 1 N–H and O–H groups in total. The molecule has 0 aromatic heterocycles. The van der Waals surface area contributed by atoms with E-state index in [9.17, 15) is 9.59 Å². The summed E-state index contributed by atoms with van der Waals surface area (Å²) >= 11 is 0. The second-order valence-corrected chi connectivity index (χ2v) is 3.62. The Morgan fingerprint density at radius 2 is 2.31 bits per heavy atom. The summed E-state index contributed by atoms with van der Waals surface area (Å²) < 4.78 is 0. The quantitative estimate of drug-likeness (QED) is 0.780. The van der Waals surface area contributed by atoms with E-state index in [-0.39, 0.29) is 17.9 Å². The Morgan fingerprint density at radius 1 is 1.56 bits per heavy atom. The molecule has 4 nitrogen and oxygen atoms in total. The van der Waals surface area contributed by atoms with E-state index in [1.165, 1.54) is 6.07 Å². The number of rotatable bonds is 3. The summed E-state index contributed by atoms with van der Waals surface area (Å²) in [6.07, 6.45) is 1.92. The molecule has 1 amide bonds. The van der Waals surface area contributed by atoms with Crippen LogP contribution in [0.3, 0.4) is 0 Å².